The SMILES string of the molecule is C=CCc1ccc(S(=O)(=O)O)c(S(=O)(=O)O)c1Oc1ccccc1. The highest BCUT2D eigenvalue weighted by Gasteiger charge is 2.30. The topological polar surface area (TPSA) is 118 Å². The van der Waals surface area contributed by atoms with Crippen molar-refractivity contribution < 1.29 is 30.7 Å². The second-order valence-corrected chi connectivity index (χ2v) is 7.49. The summed E-state index contributed by atoms with van der Waals surface area (Å²) in [5, 5.41) is 0. The van der Waals surface area contributed by atoms with Crippen LogP contribution in [0.3, 0.4) is 0 Å². The van der Waals surface area contributed by atoms with E-state index in [0.29, 0.717) is 0 Å². The Morgan fingerprint density at radius 2 is 1.58 bits per heavy atom. The maximum atomic E-state index is 11.7. The highest BCUT2D eigenvalue weighted by molar-refractivity contribution is 7.89. The smallest absolute Gasteiger partial charge is 0.299 e. The maximum Gasteiger partial charge on any atom is 0.299 e. The lowest BCUT2D eigenvalue weighted by molar-refractivity contribution is 0.434. The average Bonchev–Trinajstić information content (AvgIpc) is 2.47. The molecular formula is C15H14O7S2. The number of benzene rings is 2. The molecule has 0 aliphatic carbocycles. The highest BCUT2D eigenvalue weighted by Crippen LogP contribution is 2.37. The molecule has 0 heterocycles. The molecule has 0 amide bonds. The summed E-state index contributed by atoms with van der Waals surface area (Å²) < 4.78 is 70.7. The molecule has 0 aromatic heterocycles. The summed E-state index contributed by atoms with van der Waals surface area (Å²) in [7, 11) is -9.91. The van der Waals surface area contributed by atoms with Crippen LogP contribution in [-0.2, 0) is 26.7 Å². The Hall–Kier alpha value is -2.20. The molecule has 128 valence electrons. The predicted molar refractivity (Wildman–Crippen MR) is 86.5 cm³/mol. The minimum absolute atomic E-state index is 0.149. The molecule has 9 heteroatoms. The molecule has 0 saturated carbocycles. The van der Waals surface area contributed by atoms with Gasteiger partial charge in [-0.3, -0.25) is 9.11 Å². The lowest BCUT2D eigenvalue weighted by Crippen LogP contribution is -2.11. The zero-order valence-corrected chi connectivity index (χ0v) is 13.9. The van der Waals surface area contributed by atoms with Crippen LogP contribution < -0.4 is 4.74 Å². The van der Waals surface area contributed by atoms with Gasteiger partial charge in [0.25, 0.3) is 20.2 Å². The van der Waals surface area contributed by atoms with E-state index in [1.54, 1.807) is 18.2 Å². The summed E-state index contributed by atoms with van der Waals surface area (Å²) in [6.07, 6.45) is 1.60. The van der Waals surface area contributed by atoms with Crippen LogP contribution in [0.2, 0.25) is 0 Å². The summed E-state index contributed by atoms with van der Waals surface area (Å²) >= 11 is 0. The summed E-state index contributed by atoms with van der Waals surface area (Å²) in [5.41, 5.74) is 0.272. The molecule has 7 nitrogen and oxygen atoms in total. The lowest BCUT2D eigenvalue weighted by Gasteiger charge is -2.16. The Morgan fingerprint density at radius 1 is 0.958 bits per heavy atom. The minimum atomic E-state index is -5.01. The molecule has 0 saturated heterocycles. The van der Waals surface area contributed by atoms with Gasteiger partial charge in [-0.05, 0) is 24.6 Å². The van der Waals surface area contributed by atoms with Crippen LogP contribution in [-0.4, -0.2) is 25.9 Å². The van der Waals surface area contributed by atoms with Crippen molar-refractivity contribution in [3.8, 4) is 11.5 Å². The molecule has 2 aromatic carbocycles. The van der Waals surface area contributed by atoms with Gasteiger partial charge in [-0.2, -0.15) is 16.8 Å². The summed E-state index contributed by atoms with van der Waals surface area (Å²) in [6, 6.07) is 10.2. The second-order valence-electron chi connectivity index (χ2n) is 4.74. The molecule has 0 fully saturated rings. The summed E-state index contributed by atoms with van der Waals surface area (Å²) in [5.74, 6) is -0.168. The van der Waals surface area contributed by atoms with Gasteiger partial charge in [0.1, 0.15) is 10.6 Å². The molecule has 2 rings (SSSR count). The van der Waals surface area contributed by atoms with Crippen molar-refractivity contribution in [1.29, 1.82) is 0 Å². The first-order valence-electron chi connectivity index (χ1n) is 6.59. The van der Waals surface area contributed by atoms with E-state index >= 15 is 0 Å². The van der Waals surface area contributed by atoms with Crippen molar-refractivity contribution in [3.63, 3.8) is 0 Å². The number of para-hydroxylation sites is 1. The first kappa shape index (κ1) is 18.1. The van der Waals surface area contributed by atoms with E-state index in [1.807, 2.05) is 0 Å². The van der Waals surface area contributed by atoms with Crippen molar-refractivity contribution >= 4 is 20.2 Å². The summed E-state index contributed by atoms with van der Waals surface area (Å²) in [6.45, 7) is 3.53. The fourth-order valence-electron chi connectivity index (χ4n) is 2.07. The maximum absolute atomic E-state index is 11.7. The van der Waals surface area contributed by atoms with Crippen molar-refractivity contribution in [2.24, 2.45) is 0 Å². The van der Waals surface area contributed by atoms with Crippen molar-refractivity contribution in [2.45, 2.75) is 16.2 Å². The Morgan fingerprint density at radius 3 is 2.08 bits per heavy atom. The molecule has 0 unspecified atom stereocenters. The van der Waals surface area contributed by atoms with E-state index in [1.165, 1.54) is 24.3 Å². The molecule has 0 aliphatic heterocycles. The molecular weight excluding hydrogens is 356 g/mol. The third-order valence-corrected chi connectivity index (χ3v) is 4.97. The molecule has 0 atom stereocenters. The molecule has 0 bridgehead atoms. The largest absolute Gasteiger partial charge is 0.456 e. The van der Waals surface area contributed by atoms with Crippen LogP contribution in [0.5, 0.6) is 11.5 Å². The normalized spacial score (nSPS) is 11.9. The summed E-state index contributed by atoms with van der Waals surface area (Å²) in [4.78, 5) is -1.99. The van der Waals surface area contributed by atoms with E-state index in [4.69, 9.17) is 4.74 Å². The van der Waals surface area contributed by atoms with E-state index < -0.39 is 35.8 Å². The zero-order valence-electron chi connectivity index (χ0n) is 12.3. The second kappa shape index (κ2) is 6.73. The van der Waals surface area contributed by atoms with Crippen LogP contribution in [0.1, 0.15) is 5.56 Å². The highest BCUT2D eigenvalue weighted by atomic mass is 32.2. The molecule has 0 radical (unpaired) electrons. The first-order valence-corrected chi connectivity index (χ1v) is 9.47. The van der Waals surface area contributed by atoms with E-state index in [-0.39, 0.29) is 17.7 Å². The van der Waals surface area contributed by atoms with E-state index in [9.17, 15) is 25.9 Å². The number of ether oxygens (including phenoxy) is 1. The number of allylic oxidation sites excluding steroid dienone is 1. The Kier molecular flexibility index (Phi) is 5.09. The Bertz CT molecular complexity index is 962. The van der Waals surface area contributed by atoms with Crippen LogP contribution >= 0.6 is 0 Å². The molecule has 2 N–H and O–H groups in total. The monoisotopic (exact) mass is 370 g/mol. The number of hydrogen-bond acceptors (Lipinski definition) is 5. The minimum Gasteiger partial charge on any atom is -0.456 e. The Balaban J connectivity index is 2.83. The molecule has 2 aromatic rings. The van der Waals surface area contributed by atoms with Crippen molar-refractivity contribution in [3.05, 3.63) is 60.7 Å². The van der Waals surface area contributed by atoms with Crippen LogP contribution in [0.25, 0.3) is 0 Å². The molecule has 0 aliphatic rings. The van der Waals surface area contributed by atoms with E-state index in [2.05, 4.69) is 6.58 Å². The molecule has 0 spiro atoms. The third kappa shape index (κ3) is 4.01. The van der Waals surface area contributed by atoms with Gasteiger partial charge in [-0.15, -0.1) is 6.58 Å². The average molecular weight is 370 g/mol. The quantitative estimate of drug-likeness (QED) is 0.593. The predicted octanol–water partition coefficient (Wildman–Crippen LogP) is 2.70. The number of hydrogen-bond donors (Lipinski definition) is 2. The van der Waals surface area contributed by atoms with Crippen molar-refractivity contribution in [2.75, 3.05) is 0 Å². The van der Waals surface area contributed by atoms with Gasteiger partial charge in [0.15, 0.2) is 10.6 Å². The molecule has 24 heavy (non-hydrogen) atoms. The van der Waals surface area contributed by atoms with Crippen LogP contribution in [0.15, 0.2) is 64.9 Å². The van der Waals surface area contributed by atoms with Gasteiger partial charge in [0, 0.05) is 5.56 Å². The third-order valence-electron chi connectivity index (χ3n) is 3.02. The number of rotatable bonds is 6. The van der Waals surface area contributed by atoms with Gasteiger partial charge in [-0.1, -0.05) is 30.3 Å². The van der Waals surface area contributed by atoms with Crippen LogP contribution in [0.4, 0.5) is 0 Å². The fraction of sp³-hybridized carbons (Fsp3) is 0.0667. The standard InChI is InChI=1S/C15H14O7S2/c1-2-6-11-9-10-13(23(16,17)18)15(24(19,20)21)14(11)22-12-7-4-3-5-8-12/h2-5,7-10H,1,6H2,(H,16,17,18)(H,19,20,21). The van der Waals surface area contributed by atoms with Gasteiger partial charge < -0.3 is 4.74 Å². The zero-order chi connectivity index (χ0) is 18.0. The fourth-order valence-corrected chi connectivity index (χ4v) is 4.00. The lowest BCUT2D eigenvalue weighted by atomic mass is 10.1. The first-order chi connectivity index (χ1) is 11.1. The van der Waals surface area contributed by atoms with Gasteiger partial charge >= 0.3 is 0 Å². The van der Waals surface area contributed by atoms with Gasteiger partial charge in [0.2, 0.25) is 0 Å². The van der Waals surface area contributed by atoms with Crippen molar-refractivity contribution in [1.82, 2.24) is 0 Å². The van der Waals surface area contributed by atoms with E-state index in [0.717, 1.165) is 6.07 Å². The van der Waals surface area contributed by atoms with Crippen LogP contribution in [0, 0.1) is 0 Å². The van der Waals surface area contributed by atoms with Gasteiger partial charge in [0.05, 0.1) is 0 Å². The Labute approximate surface area is 139 Å². The van der Waals surface area contributed by atoms with Gasteiger partial charge in [-0.25, -0.2) is 0 Å².